The first-order valence-electron chi connectivity index (χ1n) is 8.09. The summed E-state index contributed by atoms with van der Waals surface area (Å²) in [5.74, 6) is -0.187. The Balaban J connectivity index is 1.90. The van der Waals surface area contributed by atoms with E-state index in [0.717, 1.165) is 5.39 Å². The molecule has 0 amide bonds. The molecule has 0 unspecified atom stereocenters. The molecule has 0 bridgehead atoms. The minimum atomic E-state index is -0.520. The molecule has 0 aliphatic rings. The Hall–Kier alpha value is -3.38. The van der Waals surface area contributed by atoms with Crippen molar-refractivity contribution in [2.24, 2.45) is 0 Å². The molecule has 1 aromatic heterocycles. The molecule has 0 fully saturated rings. The summed E-state index contributed by atoms with van der Waals surface area (Å²) in [6.07, 6.45) is 0. The second-order valence-corrected chi connectivity index (χ2v) is 6.55. The Kier molecular flexibility index (Phi) is 4.05. The molecule has 7 heteroatoms. The minimum Gasteiger partial charge on any atom is -0.506 e. The highest BCUT2D eigenvalue weighted by atomic mass is 35.5. The molecule has 27 heavy (non-hydrogen) atoms. The fourth-order valence-corrected chi connectivity index (χ4v) is 2.89. The van der Waals surface area contributed by atoms with Crippen LogP contribution in [-0.2, 0) is 4.79 Å². The molecule has 3 aromatic carbocycles. The van der Waals surface area contributed by atoms with E-state index in [9.17, 15) is 9.90 Å². The number of phenolic OH excluding ortho intramolecular Hbond substituents is 1. The first kappa shape index (κ1) is 17.1. The summed E-state index contributed by atoms with van der Waals surface area (Å²) in [7, 11) is 0. The van der Waals surface area contributed by atoms with Crippen LogP contribution in [0.3, 0.4) is 0 Å². The van der Waals surface area contributed by atoms with E-state index in [0.29, 0.717) is 38.5 Å². The van der Waals surface area contributed by atoms with E-state index in [4.69, 9.17) is 16.3 Å². The van der Waals surface area contributed by atoms with E-state index in [1.165, 1.54) is 4.80 Å². The third-order valence-electron chi connectivity index (χ3n) is 4.04. The number of hydrogen-bond acceptors (Lipinski definition) is 5. The molecule has 0 atom stereocenters. The molecule has 0 saturated carbocycles. The van der Waals surface area contributed by atoms with Crippen molar-refractivity contribution in [3.63, 3.8) is 0 Å². The van der Waals surface area contributed by atoms with E-state index in [2.05, 4.69) is 16.8 Å². The predicted molar refractivity (Wildman–Crippen MR) is 103 cm³/mol. The van der Waals surface area contributed by atoms with Gasteiger partial charge >= 0.3 is 5.97 Å². The van der Waals surface area contributed by atoms with E-state index in [1.54, 1.807) is 55.5 Å². The Morgan fingerprint density at radius 3 is 2.63 bits per heavy atom. The number of nitrogens with zero attached hydrogens (tertiary/aromatic N) is 3. The van der Waals surface area contributed by atoms with Crippen LogP contribution in [0.1, 0.15) is 6.92 Å². The Morgan fingerprint density at radius 2 is 1.85 bits per heavy atom. The summed E-state index contributed by atoms with van der Waals surface area (Å²) in [5, 5.41) is 21.3. The topological polar surface area (TPSA) is 77.2 Å². The van der Waals surface area contributed by atoms with Gasteiger partial charge in [-0.25, -0.2) is 4.79 Å². The number of benzene rings is 3. The highest BCUT2D eigenvalue weighted by Gasteiger charge is 2.15. The number of esters is 1. The van der Waals surface area contributed by atoms with Gasteiger partial charge in [0.15, 0.2) is 0 Å². The smallest absolute Gasteiger partial charge is 0.338 e. The lowest BCUT2D eigenvalue weighted by atomic mass is 10.1. The van der Waals surface area contributed by atoms with Crippen molar-refractivity contribution in [3.8, 4) is 17.2 Å². The second-order valence-electron chi connectivity index (χ2n) is 6.11. The molecule has 4 rings (SSSR count). The normalized spacial score (nSPS) is 11.0. The molecule has 4 aromatic rings. The second kappa shape index (κ2) is 6.41. The highest BCUT2D eigenvalue weighted by Crippen LogP contribution is 2.33. The Morgan fingerprint density at radius 1 is 1.11 bits per heavy atom. The van der Waals surface area contributed by atoms with Crippen LogP contribution in [0.25, 0.3) is 27.5 Å². The highest BCUT2D eigenvalue weighted by molar-refractivity contribution is 6.31. The maximum absolute atomic E-state index is 11.8. The van der Waals surface area contributed by atoms with Crippen molar-refractivity contribution < 1.29 is 14.6 Å². The third kappa shape index (κ3) is 3.11. The molecule has 0 spiro atoms. The molecular formula is C20H14ClN3O3. The van der Waals surface area contributed by atoms with Crippen molar-refractivity contribution in [2.75, 3.05) is 0 Å². The van der Waals surface area contributed by atoms with Crippen molar-refractivity contribution in [3.05, 3.63) is 65.7 Å². The van der Waals surface area contributed by atoms with Gasteiger partial charge in [-0.2, -0.15) is 0 Å². The summed E-state index contributed by atoms with van der Waals surface area (Å²) in [6.45, 7) is 5.15. The first-order valence-corrected chi connectivity index (χ1v) is 8.46. The van der Waals surface area contributed by atoms with Crippen LogP contribution < -0.4 is 4.74 Å². The number of ether oxygens (including phenoxy) is 1. The lowest BCUT2D eigenvalue weighted by molar-refractivity contribution is -0.130. The summed E-state index contributed by atoms with van der Waals surface area (Å²) in [4.78, 5) is 13.2. The lowest BCUT2D eigenvalue weighted by Crippen LogP contribution is -2.08. The number of hydrogen-bond donors (Lipinski definition) is 1. The van der Waals surface area contributed by atoms with Gasteiger partial charge in [0.25, 0.3) is 0 Å². The fourth-order valence-electron chi connectivity index (χ4n) is 2.73. The van der Waals surface area contributed by atoms with Crippen molar-refractivity contribution >= 4 is 39.4 Å². The van der Waals surface area contributed by atoms with Gasteiger partial charge in [-0.05, 0) is 48.7 Å². The number of carbonyl (C=O) groups is 1. The Labute approximate surface area is 159 Å². The first-order chi connectivity index (χ1) is 12.9. The van der Waals surface area contributed by atoms with Crippen LogP contribution >= 0.6 is 11.6 Å². The molecule has 0 aliphatic heterocycles. The van der Waals surface area contributed by atoms with Crippen LogP contribution in [0, 0.1) is 0 Å². The van der Waals surface area contributed by atoms with Crippen LogP contribution in [-0.4, -0.2) is 26.1 Å². The van der Waals surface area contributed by atoms with Crippen LogP contribution in [0.5, 0.6) is 11.5 Å². The van der Waals surface area contributed by atoms with Gasteiger partial charge in [-0.3, -0.25) is 0 Å². The Bertz CT molecular complexity index is 1230. The number of aromatic nitrogens is 3. The van der Waals surface area contributed by atoms with Crippen molar-refractivity contribution in [1.82, 2.24) is 15.0 Å². The summed E-state index contributed by atoms with van der Waals surface area (Å²) < 4.78 is 5.30. The van der Waals surface area contributed by atoms with E-state index in [1.807, 2.05) is 0 Å². The van der Waals surface area contributed by atoms with Gasteiger partial charge < -0.3 is 9.84 Å². The maximum Gasteiger partial charge on any atom is 0.338 e. The van der Waals surface area contributed by atoms with Crippen LogP contribution in [0.15, 0.2) is 60.7 Å². The molecule has 0 saturated heterocycles. The van der Waals surface area contributed by atoms with Crippen molar-refractivity contribution in [2.45, 2.75) is 6.92 Å². The average Bonchev–Trinajstić information content (AvgIpc) is 3.03. The number of aromatic hydroxyl groups is 1. The van der Waals surface area contributed by atoms with E-state index in [-0.39, 0.29) is 5.75 Å². The number of halogens is 1. The number of phenols is 1. The molecular weight excluding hydrogens is 366 g/mol. The number of fused-ring (bicyclic) bond motifs is 2. The van der Waals surface area contributed by atoms with E-state index < -0.39 is 5.97 Å². The zero-order chi connectivity index (χ0) is 19.1. The summed E-state index contributed by atoms with van der Waals surface area (Å²) in [6, 6.07) is 13.6. The third-order valence-corrected chi connectivity index (χ3v) is 4.28. The van der Waals surface area contributed by atoms with Gasteiger partial charge in [0.1, 0.15) is 28.2 Å². The molecule has 1 heterocycles. The summed E-state index contributed by atoms with van der Waals surface area (Å²) in [5.41, 5.74) is 1.92. The summed E-state index contributed by atoms with van der Waals surface area (Å²) >= 11 is 6.01. The largest absolute Gasteiger partial charge is 0.506 e. The fraction of sp³-hybridized carbons (Fsp3) is 0.0500. The van der Waals surface area contributed by atoms with Crippen LogP contribution in [0.2, 0.25) is 5.02 Å². The molecule has 0 aliphatic carbocycles. The van der Waals surface area contributed by atoms with Gasteiger partial charge in [0.05, 0.1) is 0 Å². The van der Waals surface area contributed by atoms with Gasteiger partial charge in [0, 0.05) is 16.0 Å². The monoisotopic (exact) mass is 379 g/mol. The van der Waals surface area contributed by atoms with Crippen molar-refractivity contribution in [1.29, 1.82) is 0 Å². The quantitative estimate of drug-likeness (QED) is 0.324. The van der Waals surface area contributed by atoms with Gasteiger partial charge in [-0.1, -0.05) is 30.3 Å². The average molecular weight is 380 g/mol. The standard InChI is InChI=1S/C20H14ClN3O3/c1-11(2)20(26)27-14-6-3-12-4-8-18(25)19(15(12)10-14)24-22-16-7-5-13(21)9-17(16)23-24/h3-10,25H,1H2,2H3. The number of rotatable bonds is 3. The van der Waals surface area contributed by atoms with Crippen LogP contribution in [0.4, 0.5) is 0 Å². The number of carbonyl (C=O) groups excluding carboxylic acids is 1. The molecule has 1 N–H and O–H groups in total. The van der Waals surface area contributed by atoms with Gasteiger partial charge in [0.2, 0.25) is 0 Å². The SMILES string of the molecule is C=C(C)C(=O)Oc1ccc2ccc(O)c(-n3nc4ccc(Cl)cc4n3)c2c1. The zero-order valence-electron chi connectivity index (χ0n) is 14.3. The zero-order valence-corrected chi connectivity index (χ0v) is 15.1. The van der Waals surface area contributed by atoms with E-state index >= 15 is 0 Å². The van der Waals surface area contributed by atoms with Gasteiger partial charge in [-0.15, -0.1) is 15.0 Å². The molecule has 6 nitrogen and oxygen atoms in total. The lowest BCUT2D eigenvalue weighted by Gasteiger charge is -2.10. The predicted octanol–water partition coefficient (Wildman–Crippen LogP) is 4.41. The maximum atomic E-state index is 11.8. The molecule has 134 valence electrons. The molecule has 0 radical (unpaired) electrons. The minimum absolute atomic E-state index is 0.00252.